The molecule has 0 radical (unpaired) electrons. The number of Topliss-reactive ketones (excluding diaryl/α,β-unsaturated/α-hetero) is 1. The van der Waals surface area contributed by atoms with Gasteiger partial charge in [-0.05, 0) is 6.42 Å². The van der Waals surface area contributed by atoms with Crippen molar-refractivity contribution in [1.82, 2.24) is 0 Å². The van der Waals surface area contributed by atoms with Crippen LogP contribution in [0.2, 0.25) is 0 Å². The highest BCUT2D eigenvalue weighted by Gasteiger charge is 2.11. The first-order chi connectivity index (χ1) is 4.84. The smallest absolute Gasteiger partial charge is 0.143 e. The maximum atomic E-state index is 11.1. The van der Waals surface area contributed by atoms with E-state index in [1.54, 1.807) is 0 Å². The largest absolute Gasteiger partial charge is 0.299 e. The third-order valence-electron chi connectivity index (χ3n) is 1.62. The van der Waals surface area contributed by atoms with Crippen LogP contribution >= 0.6 is 0 Å². The van der Waals surface area contributed by atoms with Crippen molar-refractivity contribution in [2.24, 2.45) is 5.92 Å². The van der Waals surface area contributed by atoms with Gasteiger partial charge in [0.05, 0.1) is 5.92 Å². The number of allylic oxidation sites excluding steroid dienone is 4. The third kappa shape index (κ3) is 1.56. The zero-order valence-corrected chi connectivity index (χ0v) is 6.21. The lowest BCUT2D eigenvalue weighted by molar-refractivity contribution is -0.120. The molecule has 0 bridgehead atoms. The molecule has 0 N–H and O–H groups in total. The summed E-state index contributed by atoms with van der Waals surface area (Å²) in [7, 11) is 0. The molecule has 0 amide bonds. The summed E-state index contributed by atoms with van der Waals surface area (Å²) in [5, 5.41) is 0. The Bertz CT molecular complexity index is 165. The quantitative estimate of drug-likeness (QED) is 0.580. The minimum atomic E-state index is 0.0833. The average Bonchev–Trinajstić information content (AvgIpc) is 2.38. The summed E-state index contributed by atoms with van der Waals surface area (Å²) in [4.78, 5) is 11.1. The lowest BCUT2D eigenvalue weighted by Gasteiger charge is -2.00. The summed E-state index contributed by atoms with van der Waals surface area (Å²) in [6, 6.07) is 0. The number of hydrogen-bond acceptors (Lipinski definition) is 1. The van der Waals surface area contributed by atoms with Gasteiger partial charge in [0.15, 0.2) is 0 Å². The van der Waals surface area contributed by atoms with Gasteiger partial charge in [0, 0.05) is 6.42 Å². The van der Waals surface area contributed by atoms with Gasteiger partial charge in [0.1, 0.15) is 5.78 Å². The summed E-state index contributed by atoms with van der Waals surface area (Å²) in [6.07, 6.45) is 9.41. The molecule has 54 valence electrons. The molecule has 0 aromatic rings. The number of carbonyl (C=O) groups is 1. The Morgan fingerprint density at radius 2 is 2.00 bits per heavy atom. The van der Waals surface area contributed by atoms with Crippen molar-refractivity contribution in [2.45, 2.75) is 19.8 Å². The molecule has 0 heterocycles. The van der Waals surface area contributed by atoms with E-state index in [0.717, 1.165) is 6.42 Å². The highest BCUT2D eigenvalue weighted by atomic mass is 16.1. The van der Waals surface area contributed by atoms with E-state index in [2.05, 4.69) is 0 Å². The molecule has 0 atom stereocenters. The molecule has 0 aromatic heterocycles. The maximum Gasteiger partial charge on any atom is 0.143 e. The van der Waals surface area contributed by atoms with Gasteiger partial charge in [-0.1, -0.05) is 31.2 Å². The minimum absolute atomic E-state index is 0.0833. The van der Waals surface area contributed by atoms with Crippen molar-refractivity contribution in [3.8, 4) is 0 Å². The molecule has 0 unspecified atom stereocenters. The molecule has 0 aliphatic heterocycles. The average molecular weight is 136 g/mol. The van der Waals surface area contributed by atoms with E-state index < -0.39 is 0 Å². The Morgan fingerprint density at radius 1 is 1.40 bits per heavy atom. The van der Waals surface area contributed by atoms with E-state index in [0.29, 0.717) is 12.2 Å². The molecule has 0 aromatic carbocycles. The van der Waals surface area contributed by atoms with Gasteiger partial charge in [-0.15, -0.1) is 0 Å². The van der Waals surface area contributed by atoms with Crippen molar-refractivity contribution < 1.29 is 4.79 Å². The second-order valence-corrected chi connectivity index (χ2v) is 2.51. The third-order valence-corrected chi connectivity index (χ3v) is 1.62. The molecule has 1 aliphatic rings. The van der Waals surface area contributed by atoms with Gasteiger partial charge in [0.2, 0.25) is 0 Å². The highest BCUT2D eigenvalue weighted by Crippen LogP contribution is 2.12. The first-order valence-electron chi connectivity index (χ1n) is 3.72. The van der Waals surface area contributed by atoms with Crippen LogP contribution in [0.25, 0.3) is 0 Å². The van der Waals surface area contributed by atoms with Crippen molar-refractivity contribution in [3.63, 3.8) is 0 Å². The van der Waals surface area contributed by atoms with Gasteiger partial charge in [-0.2, -0.15) is 0 Å². The fourth-order valence-corrected chi connectivity index (χ4v) is 1.06. The van der Waals surface area contributed by atoms with E-state index in [9.17, 15) is 4.79 Å². The van der Waals surface area contributed by atoms with Crippen LogP contribution in [-0.2, 0) is 4.79 Å². The molecule has 0 saturated heterocycles. The van der Waals surface area contributed by atoms with Crippen LogP contribution in [0, 0.1) is 5.92 Å². The van der Waals surface area contributed by atoms with Crippen LogP contribution in [-0.4, -0.2) is 5.78 Å². The molecule has 0 fully saturated rings. The number of ketones is 1. The molecule has 1 heteroatoms. The van der Waals surface area contributed by atoms with Gasteiger partial charge in [0.25, 0.3) is 0 Å². The highest BCUT2D eigenvalue weighted by molar-refractivity contribution is 5.85. The van der Waals surface area contributed by atoms with Crippen LogP contribution in [0.4, 0.5) is 0 Å². The molecule has 1 aliphatic carbocycles. The molecule has 0 saturated carbocycles. The van der Waals surface area contributed by atoms with Crippen LogP contribution in [0.15, 0.2) is 24.3 Å². The normalized spacial score (nSPS) is 16.5. The fraction of sp³-hybridized carbons (Fsp3) is 0.444. The molecular weight excluding hydrogens is 124 g/mol. The van der Waals surface area contributed by atoms with E-state index in [4.69, 9.17) is 0 Å². The van der Waals surface area contributed by atoms with Crippen LogP contribution < -0.4 is 0 Å². The molecule has 1 nitrogen and oxygen atoms in total. The molecule has 10 heavy (non-hydrogen) atoms. The maximum absolute atomic E-state index is 11.1. The number of rotatable bonds is 3. The first kappa shape index (κ1) is 7.26. The zero-order chi connectivity index (χ0) is 7.40. The predicted octanol–water partition coefficient (Wildman–Crippen LogP) is 2.10. The van der Waals surface area contributed by atoms with Gasteiger partial charge < -0.3 is 0 Å². The predicted molar refractivity (Wildman–Crippen MR) is 41.7 cm³/mol. The number of hydrogen-bond donors (Lipinski definition) is 0. The van der Waals surface area contributed by atoms with Crippen LogP contribution in [0.1, 0.15) is 19.8 Å². The second kappa shape index (κ2) is 3.35. The van der Waals surface area contributed by atoms with Crippen molar-refractivity contribution in [3.05, 3.63) is 24.3 Å². The van der Waals surface area contributed by atoms with E-state index in [1.807, 2.05) is 31.2 Å². The zero-order valence-electron chi connectivity index (χ0n) is 6.21. The summed E-state index contributed by atoms with van der Waals surface area (Å²) >= 11 is 0. The minimum Gasteiger partial charge on any atom is -0.299 e. The van der Waals surface area contributed by atoms with Gasteiger partial charge in [-0.25, -0.2) is 0 Å². The lowest BCUT2D eigenvalue weighted by Crippen LogP contribution is -2.06. The fourth-order valence-electron chi connectivity index (χ4n) is 1.06. The Kier molecular flexibility index (Phi) is 2.43. The second-order valence-electron chi connectivity index (χ2n) is 2.51. The Morgan fingerprint density at radius 3 is 2.50 bits per heavy atom. The van der Waals surface area contributed by atoms with Crippen molar-refractivity contribution >= 4 is 5.78 Å². The summed E-state index contributed by atoms with van der Waals surface area (Å²) in [5.41, 5.74) is 0. The van der Waals surface area contributed by atoms with E-state index >= 15 is 0 Å². The van der Waals surface area contributed by atoms with Crippen LogP contribution in [0.3, 0.4) is 0 Å². The first-order valence-corrected chi connectivity index (χ1v) is 3.72. The molecule has 1 rings (SSSR count). The van der Waals surface area contributed by atoms with Crippen LogP contribution in [0.5, 0.6) is 0 Å². The monoisotopic (exact) mass is 136 g/mol. The standard InChI is InChI=1S/C9H12O/c1-2-5-9(10)8-6-3-4-7-8/h3-4,6-8H,2,5H2,1H3. The number of carbonyl (C=O) groups excluding carboxylic acids is 1. The summed E-state index contributed by atoms with van der Waals surface area (Å²) in [5.74, 6) is 0.424. The summed E-state index contributed by atoms with van der Waals surface area (Å²) in [6.45, 7) is 2.03. The topological polar surface area (TPSA) is 17.1 Å². The Balaban J connectivity index is 2.42. The van der Waals surface area contributed by atoms with Crippen molar-refractivity contribution in [2.75, 3.05) is 0 Å². The Hall–Kier alpha value is -0.850. The summed E-state index contributed by atoms with van der Waals surface area (Å²) < 4.78 is 0. The molecular formula is C9H12O. The van der Waals surface area contributed by atoms with E-state index in [1.165, 1.54) is 0 Å². The SMILES string of the molecule is CCCC(=O)C1C=CC=C1. The molecule has 0 spiro atoms. The Labute approximate surface area is 61.4 Å². The van der Waals surface area contributed by atoms with Gasteiger partial charge >= 0.3 is 0 Å². The van der Waals surface area contributed by atoms with Gasteiger partial charge in [-0.3, -0.25) is 4.79 Å². The lowest BCUT2D eigenvalue weighted by atomic mass is 10.0. The van der Waals surface area contributed by atoms with E-state index in [-0.39, 0.29) is 5.92 Å². The van der Waals surface area contributed by atoms with Crippen molar-refractivity contribution in [1.29, 1.82) is 0 Å².